The summed E-state index contributed by atoms with van der Waals surface area (Å²) in [7, 11) is 0. The fraction of sp³-hybridized carbons (Fsp3) is 0.294. The van der Waals surface area contributed by atoms with Gasteiger partial charge in [0.2, 0.25) is 0 Å². The van der Waals surface area contributed by atoms with Gasteiger partial charge in [-0.1, -0.05) is 50.2 Å². The van der Waals surface area contributed by atoms with Crippen molar-refractivity contribution in [1.29, 1.82) is 0 Å². The van der Waals surface area contributed by atoms with E-state index in [-0.39, 0.29) is 0 Å². The largest absolute Gasteiger partial charge is 0.337 e. The topological polar surface area (TPSA) is 3.24 Å². The fourth-order valence-corrected chi connectivity index (χ4v) is 2.88. The molecule has 0 unspecified atom stereocenters. The number of thiol groups is 1. The molecule has 1 atom stereocenters. The molecule has 0 aliphatic heterocycles. The van der Waals surface area contributed by atoms with E-state index >= 15 is 0 Å². The molecule has 0 radical (unpaired) electrons. The molecule has 100 valence electrons. The van der Waals surface area contributed by atoms with Crippen LogP contribution in [0.15, 0.2) is 60.7 Å². The SMILES string of the molecule is CC(C)[C@@H](CS)N(c1ccccc1)c1ccccc1. The van der Waals surface area contributed by atoms with E-state index in [0.717, 1.165) is 5.75 Å². The molecule has 1 nitrogen and oxygen atoms in total. The van der Waals surface area contributed by atoms with Crippen molar-refractivity contribution in [3.05, 3.63) is 60.7 Å². The lowest BCUT2D eigenvalue weighted by Gasteiger charge is -2.35. The van der Waals surface area contributed by atoms with Gasteiger partial charge in [-0.15, -0.1) is 0 Å². The number of hydrogen-bond acceptors (Lipinski definition) is 2. The van der Waals surface area contributed by atoms with E-state index in [4.69, 9.17) is 0 Å². The number of hydrogen-bond donors (Lipinski definition) is 1. The molecule has 0 bridgehead atoms. The van der Waals surface area contributed by atoms with Crippen LogP contribution in [0.25, 0.3) is 0 Å². The molecule has 0 fully saturated rings. The molecule has 0 aromatic heterocycles. The van der Waals surface area contributed by atoms with Crippen LogP contribution < -0.4 is 4.90 Å². The first kappa shape index (κ1) is 14.0. The minimum Gasteiger partial charge on any atom is -0.337 e. The van der Waals surface area contributed by atoms with E-state index in [9.17, 15) is 0 Å². The maximum Gasteiger partial charge on any atom is 0.0453 e. The summed E-state index contributed by atoms with van der Waals surface area (Å²) in [6.07, 6.45) is 0. The van der Waals surface area contributed by atoms with Gasteiger partial charge >= 0.3 is 0 Å². The summed E-state index contributed by atoms with van der Waals surface area (Å²) in [6, 6.07) is 21.5. The lowest BCUT2D eigenvalue weighted by atomic mass is 10.0. The highest BCUT2D eigenvalue weighted by Gasteiger charge is 2.22. The van der Waals surface area contributed by atoms with Crippen LogP contribution in [0.5, 0.6) is 0 Å². The zero-order valence-corrected chi connectivity index (χ0v) is 12.4. The molecule has 0 heterocycles. The van der Waals surface area contributed by atoms with Crippen LogP contribution in [0.2, 0.25) is 0 Å². The van der Waals surface area contributed by atoms with Gasteiger partial charge in [-0.05, 0) is 30.2 Å². The summed E-state index contributed by atoms with van der Waals surface area (Å²) in [4.78, 5) is 2.39. The maximum absolute atomic E-state index is 4.55. The van der Waals surface area contributed by atoms with E-state index in [1.54, 1.807) is 0 Å². The van der Waals surface area contributed by atoms with Gasteiger partial charge in [0.15, 0.2) is 0 Å². The molecule has 2 rings (SSSR count). The van der Waals surface area contributed by atoms with Crippen molar-refractivity contribution in [3.8, 4) is 0 Å². The standard InChI is InChI=1S/C17H21NS/c1-14(2)17(13-19)18(15-9-5-3-6-10-15)16-11-7-4-8-12-16/h3-12,14,17,19H,13H2,1-2H3/t17-/m1/s1. The van der Waals surface area contributed by atoms with Crippen LogP contribution in [0, 0.1) is 5.92 Å². The summed E-state index contributed by atoms with van der Waals surface area (Å²) in [5.74, 6) is 1.37. The van der Waals surface area contributed by atoms with Crippen LogP contribution in [0.3, 0.4) is 0 Å². The van der Waals surface area contributed by atoms with E-state index in [2.05, 4.69) is 92.0 Å². The van der Waals surface area contributed by atoms with E-state index in [0.29, 0.717) is 12.0 Å². The summed E-state index contributed by atoms with van der Waals surface area (Å²) < 4.78 is 0. The highest BCUT2D eigenvalue weighted by Crippen LogP contribution is 2.30. The zero-order valence-electron chi connectivity index (χ0n) is 11.5. The quantitative estimate of drug-likeness (QED) is 0.766. The Kier molecular flexibility index (Phi) is 4.92. The molecule has 19 heavy (non-hydrogen) atoms. The molecule has 0 aliphatic rings. The van der Waals surface area contributed by atoms with Crippen molar-refractivity contribution in [2.24, 2.45) is 5.92 Å². The summed E-state index contributed by atoms with van der Waals surface area (Å²) in [6.45, 7) is 4.50. The van der Waals surface area contributed by atoms with Gasteiger partial charge in [-0.2, -0.15) is 12.6 Å². The predicted octanol–water partition coefficient (Wildman–Crippen LogP) is 4.78. The van der Waals surface area contributed by atoms with Gasteiger partial charge in [-0.25, -0.2) is 0 Å². The molecular weight excluding hydrogens is 250 g/mol. The Morgan fingerprint density at radius 2 is 1.26 bits per heavy atom. The molecule has 0 amide bonds. The molecule has 0 saturated heterocycles. The highest BCUT2D eigenvalue weighted by molar-refractivity contribution is 7.80. The Balaban J connectivity index is 2.45. The Morgan fingerprint density at radius 3 is 1.58 bits per heavy atom. The van der Waals surface area contributed by atoms with Gasteiger partial charge in [-0.3, -0.25) is 0 Å². The third-order valence-electron chi connectivity index (χ3n) is 3.36. The number of nitrogens with zero attached hydrogens (tertiary/aromatic N) is 1. The predicted molar refractivity (Wildman–Crippen MR) is 87.5 cm³/mol. The Labute approximate surface area is 121 Å². The van der Waals surface area contributed by atoms with Gasteiger partial charge in [0, 0.05) is 23.2 Å². The second kappa shape index (κ2) is 6.67. The summed E-state index contributed by atoms with van der Waals surface area (Å²) in [5.41, 5.74) is 2.45. The molecule has 0 aliphatic carbocycles. The lowest BCUT2D eigenvalue weighted by molar-refractivity contribution is 0.526. The van der Waals surface area contributed by atoms with Crippen molar-refractivity contribution in [3.63, 3.8) is 0 Å². The molecule has 0 saturated carbocycles. The Hall–Kier alpha value is -1.41. The van der Waals surface area contributed by atoms with Crippen LogP contribution in [-0.4, -0.2) is 11.8 Å². The average molecular weight is 271 g/mol. The maximum atomic E-state index is 4.55. The number of para-hydroxylation sites is 2. The van der Waals surface area contributed by atoms with Crippen molar-refractivity contribution in [2.45, 2.75) is 19.9 Å². The lowest BCUT2D eigenvalue weighted by Crippen LogP contribution is -2.37. The molecule has 2 aromatic carbocycles. The van der Waals surface area contributed by atoms with Crippen LogP contribution in [0.1, 0.15) is 13.8 Å². The molecule has 2 aromatic rings. The van der Waals surface area contributed by atoms with Crippen LogP contribution in [-0.2, 0) is 0 Å². The second-order valence-corrected chi connectivity index (χ2v) is 5.40. The van der Waals surface area contributed by atoms with Gasteiger partial charge in [0.1, 0.15) is 0 Å². The smallest absolute Gasteiger partial charge is 0.0453 e. The highest BCUT2D eigenvalue weighted by atomic mass is 32.1. The van der Waals surface area contributed by atoms with Gasteiger partial charge < -0.3 is 4.90 Å². The summed E-state index contributed by atoms with van der Waals surface area (Å²) >= 11 is 4.55. The van der Waals surface area contributed by atoms with Crippen molar-refractivity contribution >= 4 is 24.0 Å². The zero-order chi connectivity index (χ0) is 13.7. The van der Waals surface area contributed by atoms with E-state index in [1.807, 2.05) is 0 Å². The number of benzene rings is 2. The molecule has 0 spiro atoms. The number of rotatable bonds is 5. The first-order valence-corrected chi connectivity index (χ1v) is 7.37. The monoisotopic (exact) mass is 271 g/mol. The third-order valence-corrected chi connectivity index (χ3v) is 3.73. The molecule has 2 heteroatoms. The van der Waals surface area contributed by atoms with Crippen molar-refractivity contribution in [2.75, 3.05) is 10.7 Å². The van der Waals surface area contributed by atoms with Crippen LogP contribution >= 0.6 is 12.6 Å². The van der Waals surface area contributed by atoms with Gasteiger partial charge in [0.05, 0.1) is 0 Å². The minimum atomic E-state index is 0.383. The minimum absolute atomic E-state index is 0.383. The number of anilines is 2. The van der Waals surface area contributed by atoms with Gasteiger partial charge in [0.25, 0.3) is 0 Å². The van der Waals surface area contributed by atoms with Crippen molar-refractivity contribution in [1.82, 2.24) is 0 Å². The molecular formula is C17H21NS. The van der Waals surface area contributed by atoms with E-state index in [1.165, 1.54) is 11.4 Å². The normalized spacial score (nSPS) is 12.4. The first-order valence-electron chi connectivity index (χ1n) is 6.74. The fourth-order valence-electron chi connectivity index (χ4n) is 2.30. The van der Waals surface area contributed by atoms with Crippen LogP contribution in [0.4, 0.5) is 11.4 Å². The molecule has 0 N–H and O–H groups in total. The first-order chi connectivity index (χ1) is 9.24. The second-order valence-electron chi connectivity index (χ2n) is 5.04. The van der Waals surface area contributed by atoms with E-state index < -0.39 is 0 Å². The third kappa shape index (κ3) is 3.32. The Bertz CT molecular complexity index is 442. The van der Waals surface area contributed by atoms with Crippen molar-refractivity contribution < 1.29 is 0 Å². The summed E-state index contributed by atoms with van der Waals surface area (Å²) in [5, 5.41) is 0. The average Bonchev–Trinajstić information content (AvgIpc) is 2.46. The Morgan fingerprint density at radius 1 is 0.842 bits per heavy atom.